The summed E-state index contributed by atoms with van der Waals surface area (Å²) in [5.74, 6) is -14.6. The number of amides is 13. The van der Waals surface area contributed by atoms with Gasteiger partial charge in [-0.15, -0.1) is 0 Å². The maximum atomic E-state index is 14.2. The first-order valence-corrected chi connectivity index (χ1v) is 39.1. The fourth-order valence-corrected chi connectivity index (χ4v) is 13.0. The van der Waals surface area contributed by atoms with Gasteiger partial charge in [0.05, 0.1) is 25.2 Å². The average molecular weight is 1590 g/mol. The quantitative estimate of drug-likeness (QED) is 0.0279. The number of aliphatic carboxylic acids is 2. The molecule has 626 valence electrons. The normalized spacial score (nSPS) is 16.3. The number of nitrogens with two attached hydrogens (primary N) is 2. The molecular weight excluding hydrogens is 1460 g/mol. The Hall–Kier alpha value is -10.4. The van der Waals surface area contributed by atoms with E-state index < -0.39 is 180 Å². The van der Waals surface area contributed by atoms with Crippen molar-refractivity contribution in [3.8, 4) is 0 Å². The lowest BCUT2D eigenvalue weighted by Crippen LogP contribution is -2.62. The molecule has 0 bridgehead atoms. The number of hydrogen-bond donors (Lipinski definition) is 18. The molecule has 1 aromatic heterocycles. The third-order valence-electron chi connectivity index (χ3n) is 19.5. The van der Waals surface area contributed by atoms with E-state index >= 15 is 0 Å². The van der Waals surface area contributed by atoms with E-state index in [-0.39, 0.29) is 69.1 Å². The average Bonchev–Trinajstić information content (AvgIpc) is 1.78. The highest BCUT2D eigenvalue weighted by atomic mass is 16.4. The first-order valence-electron chi connectivity index (χ1n) is 39.1. The SMILES string of the molecule is CC[C@H](C)[C@H](NC(=O)[C@H](CCC(N)=O)NC(=O)[C@@H]1CCCN1C(=O)CCCCCC/C=C\CCCCCCC(=O)N[C@@H](CO)C(=O)N[C@H](C(=O)N[C@@H](CC(C)C)C(=O)N[C@@H](CC(N)=O)C(=O)N[C@@H](Cc1ccccc1)C(=O)O)[C@@H](C)O)C(=O)N[C@H](C(=O)N[C@@H](CC(C)C)C(=O)N[C@@H](Cc1c[nH]c2ccccc12)C(=O)O)[C@@H](C)O. The molecule has 1 aliphatic heterocycles. The molecule has 0 unspecified atom stereocenters. The van der Waals surface area contributed by atoms with E-state index in [1.165, 1.54) is 18.7 Å². The van der Waals surface area contributed by atoms with E-state index in [4.69, 9.17) is 11.5 Å². The molecule has 14 atom stereocenters. The summed E-state index contributed by atoms with van der Waals surface area (Å²) < 4.78 is 0. The molecular formula is C79H120N14O20. The molecule has 20 N–H and O–H groups in total. The van der Waals surface area contributed by atoms with Gasteiger partial charge >= 0.3 is 11.9 Å². The Labute approximate surface area is 659 Å². The lowest BCUT2D eigenvalue weighted by atomic mass is 9.96. The zero-order valence-corrected chi connectivity index (χ0v) is 66.1. The highest BCUT2D eigenvalue weighted by molar-refractivity contribution is 6.00. The molecule has 0 saturated carbocycles. The number of aromatic nitrogens is 1. The third-order valence-corrected chi connectivity index (χ3v) is 19.5. The Balaban J connectivity index is 1.19. The summed E-state index contributed by atoms with van der Waals surface area (Å²) in [7, 11) is 0. The van der Waals surface area contributed by atoms with Gasteiger partial charge < -0.3 is 100 Å². The van der Waals surface area contributed by atoms with Crippen molar-refractivity contribution < 1.29 is 97.5 Å². The maximum Gasteiger partial charge on any atom is 0.326 e. The number of likely N-dealkylation sites (tertiary alicyclic amines) is 1. The summed E-state index contributed by atoms with van der Waals surface area (Å²) in [5, 5.41) is 77.2. The molecule has 0 spiro atoms. The van der Waals surface area contributed by atoms with Crippen LogP contribution in [0.25, 0.3) is 10.9 Å². The van der Waals surface area contributed by atoms with Crippen molar-refractivity contribution in [3.63, 3.8) is 0 Å². The lowest BCUT2D eigenvalue weighted by molar-refractivity contribution is -0.143. The Morgan fingerprint density at radius 3 is 1.50 bits per heavy atom. The van der Waals surface area contributed by atoms with E-state index in [1.54, 1.807) is 84.1 Å². The van der Waals surface area contributed by atoms with E-state index in [2.05, 4.69) is 70.3 Å². The van der Waals surface area contributed by atoms with Gasteiger partial charge in [-0.05, 0) is 119 Å². The highest BCUT2D eigenvalue weighted by Gasteiger charge is 2.40. The number of carboxylic acid groups (broad SMARTS) is 2. The van der Waals surface area contributed by atoms with Crippen LogP contribution in [-0.4, -0.2) is 216 Å². The zero-order chi connectivity index (χ0) is 84.0. The summed E-state index contributed by atoms with van der Waals surface area (Å²) >= 11 is 0. The second-order valence-electron chi connectivity index (χ2n) is 30.0. The molecule has 1 saturated heterocycles. The number of primary amides is 2. The van der Waals surface area contributed by atoms with Crippen LogP contribution in [0, 0.1) is 17.8 Å². The summed E-state index contributed by atoms with van der Waals surface area (Å²) in [6, 6.07) is -0.192. The summed E-state index contributed by atoms with van der Waals surface area (Å²) in [4.78, 5) is 204. The van der Waals surface area contributed by atoms with Crippen LogP contribution in [0.2, 0.25) is 0 Å². The number of aromatic amines is 1. The molecule has 113 heavy (non-hydrogen) atoms. The first-order chi connectivity index (χ1) is 53.5. The van der Waals surface area contributed by atoms with Crippen LogP contribution in [0.15, 0.2) is 72.9 Å². The van der Waals surface area contributed by atoms with Crippen LogP contribution in [0.4, 0.5) is 0 Å². The third kappa shape index (κ3) is 33.5. The molecule has 2 aromatic carbocycles. The second kappa shape index (κ2) is 49.2. The van der Waals surface area contributed by atoms with Crippen molar-refractivity contribution in [1.82, 2.24) is 63.1 Å². The fourth-order valence-electron chi connectivity index (χ4n) is 13.0. The van der Waals surface area contributed by atoms with Gasteiger partial charge in [-0.25, -0.2) is 9.59 Å². The number of allylic oxidation sites excluding steroid dienone is 2. The van der Waals surface area contributed by atoms with Gasteiger partial charge in [-0.1, -0.05) is 134 Å². The van der Waals surface area contributed by atoms with Crippen molar-refractivity contribution in [2.75, 3.05) is 13.2 Å². The minimum absolute atomic E-state index is 0.0146. The number of carbonyl (C=O) groups is 15. The fraction of sp³-hybridized carbons (Fsp3) is 0.608. The standard InChI is InChI=1S/C79H120N14O20/c1-9-47(6)66(75(107)92-68(49(8)96)77(109)87-56(39-46(4)5)71(103)89-59(79(112)113)41-51-43-82-53-31-26-25-30-52(51)53)90-69(101)54(35-36-62(80)97)84-74(106)61-32-27-37-93(61)65(100)34-24-19-17-15-13-11-10-12-14-16-18-23-33-64(99)83-60(44-94)73(105)91-67(48(7)95)76(108)86-55(38-45(2)3)70(102)85-57(42-63(81)98)72(104)88-58(78(110)111)40-50-28-21-20-22-29-50/h10-11,20-22,25-26,28-31,43,45-49,54-61,66-68,82,94-96H,9,12-19,23-24,27,32-42,44H2,1-8H3,(H2,80,97)(H2,81,98)(H,83,99)(H,84,106)(H,85,102)(H,86,108)(H,87,109)(H,88,104)(H,89,103)(H,90,101)(H,91,105)(H,92,107)(H,110,111)(H,112,113)/b11-10-/t47-,48+,49+,54-,55-,56-,57-,58-,59-,60-,61-,66-,67-,68-/m0/s1. The van der Waals surface area contributed by atoms with Gasteiger partial charge in [-0.2, -0.15) is 0 Å². The molecule has 34 heteroatoms. The topological polar surface area (TPSA) is 549 Å². The van der Waals surface area contributed by atoms with Crippen LogP contribution in [-0.2, 0) is 84.8 Å². The van der Waals surface area contributed by atoms with Gasteiger partial charge in [0.1, 0.15) is 66.5 Å². The number of H-pyrrole nitrogens is 1. The van der Waals surface area contributed by atoms with Crippen LogP contribution in [0.5, 0.6) is 0 Å². The van der Waals surface area contributed by atoms with Gasteiger partial charge in [0.15, 0.2) is 0 Å². The summed E-state index contributed by atoms with van der Waals surface area (Å²) in [5.41, 5.74) is 12.9. The van der Waals surface area contributed by atoms with E-state index in [1.807, 2.05) is 18.2 Å². The summed E-state index contributed by atoms with van der Waals surface area (Å²) in [6.07, 6.45) is 9.84. The van der Waals surface area contributed by atoms with Crippen LogP contribution < -0.4 is 64.6 Å². The largest absolute Gasteiger partial charge is 0.480 e. The molecule has 1 fully saturated rings. The molecule has 13 amide bonds. The van der Waals surface area contributed by atoms with Crippen molar-refractivity contribution in [2.45, 2.75) is 275 Å². The highest BCUT2D eigenvalue weighted by Crippen LogP contribution is 2.23. The number of aliphatic hydroxyl groups excluding tert-OH is 3. The Morgan fingerprint density at radius 2 is 0.973 bits per heavy atom. The molecule has 4 rings (SSSR count). The van der Waals surface area contributed by atoms with E-state index in [0.29, 0.717) is 56.2 Å². The monoisotopic (exact) mass is 1580 g/mol. The van der Waals surface area contributed by atoms with Crippen LogP contribution >= 0.6 is 0 Å². The number of carbonyl (C=O) groups excluding carboxylic acids is 13. The molecule has 3 aromatic rings. The predicted molar refractivity (Wildman–Crippen MR) is 417 cm³/mol. The number of fused-ring (bicyclic) bond motifs is 1. The number of benzene rings is 2. The number of para-hydroxylation sites is 1. The van der Waals surface area contributed by atoms with Crippen LogP contribution in [0.3, 0.4) is 0 Å². The molecule has 34 nitrogen and oxygen atoms in total. The summed E-state index contributed by atoms with van der Waals surface area (Å²) in [6.45, 7) is 12.3. The number of hydrogen-bond acceptors (Lipinski definition) is 18. The van der Waals surface area contributed by atoms with Crippen LogP contribution in [0.1, 0.15) is 195 Å². The number of nitrogens with zero attached hydrogens (tertiary/aromatic N) is 1. The molecule has 2 heterocycles. The molecule has 0 radical (unpaired) electrons. The van der Waals surface area contributed by atoms with E-state index in [9.17, 15) is 97.5 Å². The number of rotatable bonds is 53. The Bertz CT molecular complexity index is 3700. The van der Waals surface area contributed by atoms with Gasteiger partial charge in [0.2, 0.25) is 76.8 Å². The smallest absolute Gasteiger partial charge is 0.326 e. The Morgan fingerprint density at radius 1 is 0.504 bits per heavy atom. The minimum Gasteiger partial charge on any atom is -0.480 e. The zero-order valence-electron chi connectivity index (χ0n) is 66.1. The van der Waals surface area contributed by atoms with Gasteiger partial charge in [0, 0.05) is 55.7 Å². The minimum atomic E-state index is -1.71. The number of aliphatic hydroxyl groups is 3. The first kappa shape index (κ1) is 95.0. The number of unbranched alkanes of at least 4 members (excludes halogenated alkanes) is 8. The number of carboxylic acids is 2. The van der Waals surface area contributed by atoms with E-state index in [0.717, 1.165) is 55.8 Å². The predicted octanol–water partition coefficient (Wildman–Crippen LogP) is 1.23. The lowest BCUT2D eigenvalue weighted by Gasteiger charge is -2.30. The van der Waals surface area contributed by atoms with Gasteiger partial charge in [-0.3, -0.25) is 62.3 Å². The van der Waals surface area contributed by atoms with Crippen molar-refractivity contribution >= 4 is 99.6 Å². The second-order valence-corrected chi connectivity index (χ2v) is 30.0. The molecule has 1 aliphatic rings. The van der Waals surface area contributed by atoms with Crippen molar-refractivity contribution in [2.24, 2.45) is 29.2 Å². The maximum absolute atomic E-state index is 14.2. The van der Waals surface area contributed by atoms with Crippen molar-refractivity contribution in [1.29, 1.82) is 0 Å². The van der Waals surface area contributed by atoms with Crippen molar-refractivity contribution in [3.05, 3.63) is 84.1 Å². The Kier molecular flexibility index (Phi) is 41.4. The molecule has 0 aliphatic carbocycles. The number of nitrogens with one attached hydrogen (secondary N) is 11. The van der Waals surface area contributed by atoms with Gasteiger partial charge in [0.25, 0.3) is 0 Å².